The maximum Gasteiger partial charge on any atom is 0.340 e. The highest BCUT2D eigenvalue weighted by Gasteiger charge is 2.28. The van der Waals surface area contributed by atoms with Crippen molar-refractivity contribution in [3.8, 4) is 0 Å². The van der Waals surface area contributed by atoms with Crippen molar-refractivity contribution in [3.05, 3.63) is 58.1 Å². The standard InChI is InChI=1S/C21H21ClF2N2O5S/c1-31-21(28)14-11-18(17(24)12-16(14)23)25-20(27)13-6-7-15(22)19(10-13)32(29,30)26-8-4-2-3-5-9-26/h6-7,10-12H,2-5,8-9H2,1H3,(H,25,27). The lowest BCUT2D eigenvalue weighted by molar-refractivity contribution is 0.0595. The molecule has 3 rings (SSSR count). The minimum absolute atomic E-state index is 0.0493. The van der Waals surface area contributed by atoms with Gasteiger partial charge in [-0.3, -0.25) is 4.79 Å². The lowest BCUT2D eigenvalue weighted by atomic mass is 10.1. The molecule has 0 atom stereocenters. The molecule has 0 aromatic heterocycles. The van der Waals surface area contributed by atoms with Gasteiger partial charge in [-0.1, -0.05) is 24.4 Å². The summed E-state index contributed by atoms with van der Waals surface area (Å²) in [6, 6.07) is 4.91. The second kappa shape index (κ2) is 9.93. The zero-order valence-corrected chi connectivity index (χ0v) is 18.7. The predicted molar refractivity (Wildman–Crippen MR) is 114 cm³/mol. The van der Waals surface area contributed by atoms with Gasteiger partial charge in [-0.05, 0) is 37.1 Å². The van der Waals surface area contributed by atoms with Crippen molar-refractivity contribution in [2.24, 2.45) is 0 Å². The van der Waals surface area contributed by atoms with Gasteiger partial charge in [0.2, 0.25) is 10.0 Å². The van der Waals surface area contributed by atoms with Crippen LogP contribution in [0.3, 0.4) is 0 Å². The molecule has 1 N–H and O–H groups in total. The molecule has 2 aromatic carbocycles. The van der Waals surface area contributed by atoms with Gasteiger partial charge < -0.3 is 10.1 Å². The molecular formula is C21H21ClF2N2O5S. The molecule has 0 bridgehead atoms. The molecule has 32 heavy (non-hydrogen) atoms. The summed E-state index contributed by atoms with van der Waals surface area (Å²) in [6.07, 6.45) is 3.31. The lowest BCUT2D eigenvalue weighted by Gasteiger charge is -2.21. The van der Waals surface area contributed by atoms with E-state index in [-0.39, 0.29) is 15.5 Å². The Kier molecular flexibility index (Phi) is 7.47. The zero-order valence-electron chi connectivity index (χ0n) is 17.2. The molecule has 0 radical (unpaired) electrons. The zero-order chi connectivity index (χ0) is 23.5. The molecule has 0 saturated carbocycles. The van der Waals surface area contributed by atoms with Gasteiger partial charge in [0, 0.05) is 24.7 Å². The molecule has 1 amide bonds. The van der Waals surface area contributed by atoms with Crippen molar-refractivity contribution in [1.29, 1.82) is 0 Å². The van der Waals surface area contributed by atoms with Crippen LogP contribution < -0.4 is 5.32 Å². The van der Waals surface area contributed by atoms with Crippen LogP contribution in [0.4, 0.5) is 14.5 Å². The Labute approximate surface area is 189 Å². The van der Waals surface area contributed by atoms with Crippen molar-refractivity contribution in [2.75, 3.05) is 25.5 Å². The fourth-order valence-electron chi connectivity index (χ4n) is 3.37. The Morgan fingerprint density at radius 3 is 2.31 bits per heavy atom. The van der Waals surface area contributed by atoms with Gasteiger partial charge in [-0.2, -0.15) is 4.31 Å². The predicted octanol–water partition coefficient (Wildman–Crippen LogP) is 4.22. The van der Waals surface area contributed by atoms with Gasteiger partial charge in [0.15, 0.2) is 0 Å². The fraction of sp³-hybridized carbons (Fsp3) is 0.333. The number of amides is 1. The summed E-state index contributed by atoms with van der Waals surface area (Å²) in [6.45, 7) is 0.707. The summed E-state index contributed by atoms with van der Waals surface area (Å²) in [7, 11) is -2.91. The molecule has 172 valence electrons. The Balaban J connectivity index is 1.91. The molecule has 1 heterocycles. The topological polar surface area (TPSA) is 92.8 Å². The van der Waals surface area contributed by atoms with Crippen LogP contribution in [-0.2, 0) is 14.8 Å². The van der Waals surface area contributed by atoms with Crippen LogP contribution in [0, 0.1) is 11.6 Å². The van der Waals surface area contributed by atoms with Gasteiger partial charge in [-0.15, -0.1) is 0 Å². The highest BCUT2D eigenvalue weighted by Crippen LogP contribution is 2.28. The van der Waals surface area contributed by atoms with E-state index in [0.717, 1.165) is 44.9 Å². The third-order valence-electron chi connectivity index (χ3n) is 5.09. The molecule has 0 spiro atoms. The highest BCUT2D eigenvalue weighted by molar-refractivity contribution is 7.89. The molecular weight excluding hydrogens is 466 g/mol. The van der Waals surface area contributed by atoms with Crippen LogP contribution in [0.2, 0.25) is 5.02 Å². The summed E-state index contributed by atoms with van der Waals surface area (Å²) >= 11 is 6.13. The van der Waals surface area contributed by atoms with Gasteiger partial charge in [0.05, 0.1) is 23.4 Å². The van der Waals surface area contributed by atoms with Crippen LogP contribution in [0.25, 0.3) is 0 Å². The minimum atomic E-state index is -3.94. The monoisotopic (exact) mass is 486 g/mol. The third-order valence-corrected chi connectivity index (χ3v) is 7.47. The number of anilines is 1. The van der Waals surface area contributed by atoms with Gasteiger partial charge >= 0.3 is 5.97 Å². The van der Waals surface area contributed by atoms with Crippen molar-refractivity contribution in [2.45, 2.75) is 30.6 Å². The van der Waals surface area contributed by atoms with E-state index in [2.05, 4.69) is 10.1 Å². The second-order valence-electron chi connectivity index (χ2n) is 7.22. The van der Waals surface area contributed by atoms with Gasteiger partial charge in [-0.25, -0.2) is 22.0 Å². The molecule has 7 nitrogen and oxygen atoms in total. The largest absolute Gasteiger partial charge is 0.465 e. The smallest absolute Gasteiger partial charge is 0.340 e. The van der Waals surface area contributed by atoms with E-state index in [1.807, 2.05) is 0 Å². The molecule has 1 aliphatic rings. The SMILES string of the molecule is COC(=O)c1cc(NC(=O)c2ccc(Cl)c(S(=O)(=O)N3CCCCCC3)c2)c(F)cc1F. The van der Waals surface area contributed by atoms with Gasteiger partial charge in [0.1, 0.15) is 16.5 Å². The molecule has 1 saturated heterocycles. The quantitative estimate of drug-likeness (QED) is 0.639. The number of benzene rings is 2. The van der Waals surface area contributed by atoms with Crippen LogP contribution in [0.5, 0.6) is 0 Å². The third kappa shape index (κ3) is 5.08. The normalized spacial score (nSPS) is 15.1. The van der Waals surface area contributed by atoms with Crippen molar-refractivity contribution < 1.29 is 31.5 Å². The van der Waals surface area contributed by atoms with E-state index >= 15 is 0 Å². The fourth-order valence-corrected chi connectivity index (χ4v) is 5.39. The Morgan fingerprint density at radius 2 is 1.69 bits per heavy atom. The minimum Gasteiger partial charge on any atom is -0.465 e. The van der Waals surface area contributed by atoms with Crippen LogP contribution >= 0.6 is 11.6 Å². The van der Waals surface area contributed by atoms with Crippen LogP contribution in [0.1, 0.15) is 46.4 Å². The number of rotatable bonds is 5. The summed E-state index contributed by atoms with van der Waals surface area (Å²) in [5.74, 6) is -4.18. The van der Waals surface area contributed by atoms with E-state index in [9.17, 15) is 26.8 Å². The van der Waals surface area contributed by atoms with Crippen molar-refractivity contribution >= 4 is 39.2 Å². The number of nitrogens with one attached hydrogen (secondary N) is 1. The van der Waals surface area contributed by atoms with Crippen molar-refractivity contribution in [1.82, 2.24) is 4.31 Å². The maximum absolute atomic E-state index is 14.2. The number of methoxy groups -OCH3 is 1. The highest BCUT2D eigenvalue weighted by atomic mass is 35.5. The number of esters is 1. The summed E-state index contributed by atoms with van der Waals surface area (Å²) in [5.41, 5.74) is -1.14. The van der Waals surface area contributed by atoms with Crippen LogP contribution in [0.15, 0.2) is 35.2 Å². The van der Waals surface area contributed by atoms with E-state index in [1.165, 1.54) is 16.4 Å². The Morgan fingerprint density at radius 1 is 1.03 bits per heavy atom. The maximum atomic E-state index is 14.2. The molecule has 0 aliphatic carbocycles. The summed E-state index contributed by atoms with van der Waals surface area (Å²) < 4.78 is 59.9. The first-order valence-corrected chi connectivity index (χ1v) is 11.7. The number of sulfonamides is 1. The molecule has 1 fully saturated rings. The number of carbonyl (C=O) groups excluding carboxylic acids is 2. The van der Waals surface area contributed by atoms with Crippen LogP contribution in [-0.4, -0.2) is 44.8 Å². The number of carbonyl (C=O) groups is 2. The van der Waals surface area contributed by atoms with E-state index in [4.69, 9.17) is 11.6 Å². The summed E-state index contributed by atoms with van der Waals surface area (Å²) in [5, 5.41) is 2.17. The Bertz CT molecular complexity index is 1150. The second-order valence-corrected chi connectivity index (χ2v) is 9.53. The Hall–Kier alpha value is -2.56. The molecule has 11 heteroatoms. The lowest BCUT2D eigenvalue weighted by Crippen LogP contribution is -2.32. The van der Waals surface area contributed by atoms with Gasteiger partial charge in [0.25, 0.3) is 5.91 Å². The van der Waals surface area contributed by atoms with E-state index < -0.39 is 44.8 Å². The number of hydrogen-bond acceptors (Lipinski definition) is 5. The number of halogens is 3. The average molecular weight is 487 g/mol. The van der Waals surface area contributed by atoms with E-state index in [1.54, 1.807) is 0 Å². The first-order chi connectivity index (χ1) is 15.1. The number of hydrogen-bond donors (Lipinski definition) is 1. The molecule has 2 aromatic rings. The van der Waals surface area contributed by atoms with Crippen molar-refractivity contribution in [3.63, 3.8) is 0 Å². The molecule has 0 unspecified atom stereocenters. The average Bonchev–Trinajstić information content (AvgIpc) is 3.05. The summed E-state index contributed by atoms with van der Waals surface area (Å²) in [4.78, 5) is 24.1. The number of nitrogens with zero attached hydrogens (tertiary/aromatic N) is 1. The van der Waals surface area contributed by atoms with E-state index in [0.29, 0.717) is 19.2 Å². The molecule has 1 aliphatic heterocycles. The number of ether oxygens (including phenoxy) is 1. The first kappa shape index (κ1) is 24.1. The first-order valence-electron chi connectivity index (χ1n) is 9.83.